The topological polar surface area (TPSA) is 61.6 Å². The first kappa shape index (κ1) is 16.7. The second-order valence-corrected chi connectivity index (χ2v) is 6.69. The molecular formula is C16H32N4O. The van der Waals surface area contributed by atoms with Gasteiger partial charge in [-0.05, 0) is 45.7 Å². The molecule has 2 heterocycles. The van der Waals surface area contributed by atoms with Gasteiger partial charge in [-0.25, -0.2) is 0 Å². The predicted molar refractivity (Wildman–Crippen MR) is 86.1 cm³/mol. The number of nitrogens with one attached hydrogen (secondary N) is 1. The Bertz CT molecular complexity index is 336. The van der Waals surface area contributed by atoms with Crippen molar-refractivity contribution in [3.05, 3.63) is 0 Å². The van der Waals surface area contributed by atoms with Crippen LogP contribution in [0.25, 0.3) is 0 Å². The van der Waals surface area contributed by atoms with Crippen LogP contribution >= 0.6 is 0 Å². The Morgan fingerprint density at radius 2 is 2.19 bits per heavy atom. The maximum Gasteiger partial charge on any atom is 0.234 e. The fourth-order valence-electron chi connectivity index (χ4n) is 3.68. The van der Waals surface area contributed by atoms with Crippen molar-refractivity contribution in [1.82, 2.24) is 15.1 Å². The molecular weight excluding hydrogens is 264 g/mol. The number of hydrogen-bond acceptors (Lipinski definition) is 4. The van der Waals surface area contributed by atoms with E-state index in [9.17, 15) is 4.79 Å². The molecule has 2 saturated heterocycles. The van der Waals surface area contributed by atoms with E-state index in [-0.39, 0.29) is 11.9 Å². The van der Waals surface area contributed by atoms with Crippen molar-refractivity contribution < 1.29 is 4.79 Å². The van der Waals surface area contributed by atoms with Crippen LogP contribution in [0.4, 0.5) is 0 Å². The zero-order chi connectivity index (χ0) is 15.2. The number of nitrogens with two attached hydrogens (primary N) is 1. The highest BCUT2D eigenvalue weighted by atomic mass is 16.1. The van der Waals surface area contributed by atoms with Gasteiger partial charge in [-0.1, -0.05) is 13.3 Å². The number of piperazine rings is 1. The second kappa shape index (κ2) is 8.11. The highest BCUT2D eigenvalue weighted by molar-refractivity contribution is 5.79. The average molecular weight is 296 g/mol. The Balaban J connectivity index is 1.82. The van der Waals surface area contributed by atoms with Crippen LogP contribution in [0.3, 0.4) is 0 Å². The van der Waals surface area contributed by atoms with Crippen LogP contribution in [-0.4, -0.2) is 66.6 Å². The summed E-state index contributed by atoms with van der Waals surface area (Å²) in [5, 5.41) is 3.27. The number of hydrogen-bond donors (Lipinski definition) is 2. The van der Waals surface area contributed by atoms with Crippen molar-refractivity contribution in [2.24, 2.45) is 5.73 Å². The summed E-state index contributed by atoms with van der Waals surface area (Å²) in [5.74, 6) is -0.215. The van der Waals surface area contributed by atoms with E-state index in [1.807, 2.05) is 0 Å². The summed E-state index contributed by atoms with van der Waals surface area (Å²) >= 11 is 0. The van der Waals surface area contributed by atoms with Gasteiger partial charge in [-0.15, -0.1) is 0 Å². The van der Waals surface area contributed by atoms with E-state index in [2.05, 4.69) is 29.0 Å². The number of carbonyl (C=O) groups excluding carboxylic acids is 1. The zero-order valence-corrected chi connectivity index (χ0v) is 13.7. The average Bonchev–Trinajstić information content (AvgIpc) is 2.47. The molecule has 21 heavy (non-hydrogen) atoms. The first-order chi connectivity index (χ1) is 10.1. The molecule has 2 aliphatic heterocycles. The Hall–Kier alpha value is -0.650. The van der Waals surface area contributed by atoms with Gasteiger partial charge in [0, 0.05) is 31.7 Å². The van der Waals surface area contributed by atoms with Gasteiger partial charge in [-0.2, -0.15) is 0 Å². The number of primary amides is 1. The lowest BCUT2D eigenvalue weighted by atomic mass is 9.97. The van der Waals surface area contributed by atoms with Crippen molar-refractivity contribution >= 4 is 5.91 Å². The number of carbonyl (C=O) groups is 1. The molecule has 0 aromatic heterocycles. The minimum Gasteiger partial charge on any atom is -0.368 e. The summed E-state index contributed by atoms with van der Waals surface area (Å²) in [5.41, 5.74) is 5.51. The Morgan fingerprint density at radius 3 is 2.90 bits per heavy atom. The van der Waals surface area contributed by atoms with Crippen LogP contribution in [0.1, 0.15) is 46.0 Å². The van der Waals surface area contributed by atoms with Crippen molar-refractivity contribution in [2.75, 3.05) is 32.7 Å². The zero-order valence-electron chi connectivity index (χ0n) is 13.7. The number of fused-ring (bicyclic) bond motifs is 1. The molecule has 2 aliphatic rings. The maximum absolute atomic E-state index is 11.5. The molecule has 0 radical (unpaired) electrons. The fraction of sp³-hybridized carbons (Fsp3) is 0.938. The number of amides is 1. The lowest BCUT2D eigenvalue weighted by Gasteiger charge is -2.47. The fourth-order valence-corrected chi connectivity index (χ4v) is 3.68. The summed E-state index contributed by atoms with van der Waals surface area (Å²) in [4.78, 5) is 16.7. The lowest BCUT2D eigenvalue weighted by Crippen LogP contribution is -2.59. The van der Waals surface area contributed by atoms with Gasteiger partial charge in [-0.3, -0.25) is 14.6 Å². The van der Waals surface area contributed by atoms with Gasteiger partial charge < -0.3 is 11.1 Å². The van der Waals surface area contributed by atoms with E-state index in [1.165, 1.54) is 32.4 Å². The molecule has 2 fully saturated rings. The quantitative estimate of drug-likeness (QED) is 0.729. The number of nitrogens with zero attached hydrogens (tertiary/aromatic N) is 2. The van der Waals surface area contributed by atoms with Gasteiger partial charge >= 0.3 is 0 Å². The third kappa shape index (κ3) is 4.66. The smallest absolute Gasteiger partial charge is 0.234 e. The predicted octanol–water partition coefficient (Wildman–Crippen LogP) is 0.789. The maximum atomic E-state index is 11.5. The van der Waals surface area contributed by atoms with E-state index < -0.39 is 0 Å². The van der Waals surface area contributed by atoms with Gasteiger partial charge in [0.15, 0.2) is 0 Å². The number of piperidine rings is 1. The van der Waals surface area contributed by atoms with Gasteiger partial charge in [0.2, 0.25) is 5.91 Å². The second-order valence-electron chi connectivity index (χ2n) is 6.69. The third-order valence-corrected chi connectivity index (χ3v) is 5.01. The van der Waals surface area contributed by atoms with Crippen LogP contribution in [0.5, 0.6) is 0 Å². The minimum absolute atomic E-state index is 0.179. The van der Waals surface area contributed by atoms with Crippen LogP contribution in [0.15, 0.2) is 0 Å². The minimum atomic E-state index is -0.215. The molecule has 5 heteroatoms. The molecule has 0 aliphatic carbocycles. The molecule has 5 nitrogen and oxygen atoms in total. The first-order valence-corrected chi connectivity index (χ1v) is 8.62. The molecule has 0 spiro atoms. The van der Waals surface area contributed by atoms with E-state index in [0.717, 1.165) is 38.5 Å². The molecule has 122 valence electrons. The largest absolute Gasteiger partial charge is 0.368 e. The molecule has 2 rings (SSSR count). The number of rotatable bonds is 7. The monoisotopic (exact) mass is 296 g/mol. The van der Waals surface area contributed by atoms with Crippen molar-refractivity contribution in [3.63, 3.8) is 0 Å². The molecule has 1 amide bonds. The molecule has 3 unspecified atom stereocenters. The summed E-state index contributed by atoms with van der Waals surface area (Å²) in [7, 11) is 0. The summed E-state index contributed by atoms with van der Waals surface area (Å²) in [6.45, 7) is 9.84. The van der Waals surface area contributed by atoms with Crippen LogP contribution < -0.4 is 11.1 Å². The molecule has 0 aromatic rings. The van der Waals surface area contributed by atoms with Crippen molar-refractivity contribution in [2.45, 2.75) is 64.1 Å². The van der Waals surface area contributed by atoms with E-state index in [4.69, 9.17) is 5.73 Å². The highest BCUT2D eigenvalue weighted by Crippen LogP contribution is 2.24. The Kier molecular flexibility index (Phi) is 6.45. The first-order valence-electron chi connectivity index (χ1n) is 8.62. The third-order valence-electron chi connectivity index (χ3n) is 5.01. The van der Waals surface area contributed by atoms with Gasteiger partial charge in [0.1, 0.15) is 0 Å². The summed E-state index contributed by atoms with van der Waals surface area (Å²) < 4.78 is 0. The summed E-state index contributed by atoms with van der Waals surface area (Å²) in [6.07, 6.45) is 5.91. The van der Waals surface area contributed by atoms with Crippen LogP contribution in [0.2, 0.25) is 0 Å². The Morgan fingerprint density at radius 1 is 1.38 bits per heavy atom. The van der Waals surface area contributed by atoms with E-state index >= 15 is 0 Å². The van der Waals surface area contributed by atoms with E-state index in [1.54, 1.807) is 0 Å². The van der Waals surface area contributed by atoms with Gasteiger partial charge in [0.05, 0.1) is 6.04 Å². The van der Waals surface area contributed by atoms with Crippen molar-refractivity contribution in [1.29, 1.82) is 0 Å². The standard InChI is InChI=1S/C16H32N4O/c1-3-8-18-15(16(17)21)7-10-19-12-14-6-4-5-9-20(14)11-13(19)2/h13-15,18H,3-12H2,1-2H3,(H2,17,21). The van der Waals surface area contributed by atoms with Crippen LogP contribution in [-0.2, 0) is 4.79 Å². The molecule has 0 aromatic carbocycles. The molecule has 0 saturated carbocycles. The van der Waals surface area contributed by atoms with E-state index in [0.29, 0.717) is 6.04 Å². The Labute approximate surface area is 129 Å². The highest BCUT2D eigenvalue weighted by Gasteiger charge is 2.33. The molecule has 3 atom stereocenters. The normalized spacial score (nSPS) is 29.0. The van der Waals surface area contributed by atoms with Gasteiger partial charge in [0.25, 0.3) is 0 Å². The summed E-state index contributed by atoms with van der Waals surface area (Å²) in [6, 6.07) is 1.13. The molecule has 0 bridgehead atoms. The molecule has 3 N–H and O–H groups in total. The lowest BCUT2D eigenvalue weighted by molar-refractivity contribution is -0.120. The van der Waals surface area contributed by atoms with Crippen molar-refractivity contribution in [3.8, 4) is 0 Å². The van der Waals surface area contributed by atoms with Crippen LogP contribution in [0, 0.1) is 0 Å². The SMILES string of the molecule is CCCNC(CCN1CC2CCCCN2CC1C)C(N)=O.